The summed E-state index contributed by atoms with van der Waals surface area (Å²) in [6.07, 6.45) is 0.967. The van der Waals surface area contributed by atoms with E-state index in [1.54, 1.807) is 0 Å². The second-order valence-electron chi connectivity index (χ2n) is 5.42. The number of rotatable bonds is 4. The van der Waals surface area contributed by atoms with Gasteiger partial charge in [0.25, 0.3) is 0 Å². The minimum absolute atomic E-state index is 0.0557. The van der Waals surface area contributed by atoms with Crippen LogP contribution in [0.4, 0.5) is 13.6 Å². The third-order valence-electron chi connectivity index (χ3n) is 3.72. The first-order valence-corrected chi connectivity index (χ1v) is 7.23. The van der Waals surface area contributed by atoms with E-state index in [0.29, 0.717) is 6.54 Å². The van der Waals surface area contributed by atoms with E-state index in [2.05, 4.69) is 16.0 Å². The Morgan fingerprint density at radius 2 is 2.18 bits per heavy atom. The van der Waals surface area contributed by atoms with Crippen molar-refractivity contribution >= 4 is 11.9 Å². The van der Waals surface area contributed by atoms with Crippen molar-refractivity contribution in [3.8, 4) is 0 Å². The number of amides is 3. The molecule has 3 amide bonds. The summed E-state index contributed by atoms with van der Waals surface area (Å²) in [6, 6.07) is 2.14. The Labute approximate surface area is 127 Å². The van der Waals surface area contributed by atoms with E-state index < -0.39 is 23.7 Å². The normalized spacial score (nSPS) is 21.1. The molecule has 0 bridgehead atoms. The molecule has 1 aromatic carbocycles. The molecular weight excluding hydrogens is 292 g/mol. The van der Waals surface area contributed by atoms with Gasteiger partial charge in [-0.1, -0.05) is 6.92 Å². The Hall–Kier alpha value is -2.18. The smallest absolute Gasteiger partial charge is 0.315 e. The molecule has 1 saturated heterocycles. The van der Waals surface area contributed by atoms with Gasteiger partial charge in [-0.05, 0) is 42.5 Å². The van der Waals surface area contributed by atoms with Crippen LogP contribution < -0.4 is 16.0 Å². The van der Waals surface area contributed by atoms with Crippen LogP contribution in [0, 0.1) is 17.6 Å². The van der Waals surface area contributed by atoms with E-state index in [4.69, 9.17) is 0 Å². The monoisotopic (exact) mass is 311 g/mol. The Balaban J connectivity index is 1.80. The first-order valence-electron chi connectivity index (χ1n) is 7.23. The summed E-state index contributed by atoms with van der Waals surface area (Å²) < 4.78 is 26.4. The second-order valence-corrected chi connectivity index (χ2v) is 5.42. The van der Waals surface area contributed by atoms with E-state index in [0.717, 1.165) is 24.6 Å². The van der Waals surface area contributed by atoms with Crippen LogP contribution in [0.1, 0.15) is 18.9 Å². The Bertz CT molecular complexity index is 566. The third-order valence-corrected chi connectivity index (χ3v) is 3.72. The van der Waals surface area contributed by atoms with Crippen molar-refractivity contribution in [2.24, 2.45) is 5.92 Å². The van der Waals surface area contributed by atoms with Crippen molar-refractivity contribution in [3.63, 3.8) is 0 Å². The van der Waals surface area contributed by atoms with Crippen molar-refractivity contribution in [2.75, 3.05) is 13.1 Å². The van der Waals surface area contributed by atoms with Crippen LogP contribution in [-0.2, 0) is 11.2 Å². The van der Waals surface area contributed by atoms with Crippen molar-refractivity contribution in [1.82, 2.24) is 16.0 Å². The van der Waals surface area contributed by atoms with Crippen LogP contribution in [0.5, 0.6) is 0 Å². The molecule has 7 heteroatoms. The number of halogens is 2. The predicted molar refractivity (Wildman–Crippen MR) is 77.2 cm³/mol. The number of carbonyl (C=O) groups excluding carboxylic acids is 2. The largest absolute Gasteiger partial charge is 0.354 e. The standard InChI is InChI=1S/C15H19F2N3O2/c1-9-4-6-18-14(21)13(9)20-15(22)19-7-5-10-8-11(16)2-3-12(10)17/h2-3,8-9,13H,4-7H2,1H3,(H,18,21)(H2,19,20,22). The van der Waals surface area contributed by atoms with E-state index in [1.807, 2.05) is 6.92 Å². The van der Waals surface area contributed by atoms with Crippen molar-refractivity contribution < 1.29 is 18.4 Å². The molecule has 22 heavy (non-hydrogen) atoms. The van der Waals surface area contributed by atoms with Gasteiger partial charge in [0.15, 0.2) is 0 Å². The Kier molecular flexibility index (Phi) is 5.30. The lowest BCUT2D eigenvalue weighted by atomic mass is 9.94. The molecule has 0 radical (unpaired) electrons. The molecule has 5 nitrogen and oxygen atoms in total. The Morgan fingerprint density at radius 3 is 2.91 bits per heavy atom. The molecule has 1 heterocycles. The van der Waals surface area contributed by atoms with Gasteiger partial charge in [0.2, 0.25) is 5.91 Å². The highest BCUT2D eigenvalue weighted by Gasteiger charge is 2.29. The van der Waals surface area contributed by atoms with Gasteiger partial charge in [0.1, 0.15) is 17.7 Å². The van der Waals surface area contributed by atoms with E-state index in [1.165, 1.54) is 0 Å². The zero-order valence-electron chi connectivity index (χ0n) is 12.3. The summed E-state index contributed by atoms with van der Waals surface area (Å²) >= 11 is 0. The van der Waals surface area contributed by atoms with Gasteiger partial charge >= 0.3 is 6.03 Å². The number of nitrogens with one attached hydrogen (secondary N) is 3. The summed E-state index contributed by atoms with van der Waals surface area (Å²) in [5.41, 5.74) is 0.198. The highest BCUT2D eigenvalue weighted by Crippen LogP contribution is 2.12. The second kappa shape index (κ2) is 7.20. The number of piperidine rings is 1. The predicted octanol–water partition coefficient (Wildman–Crippen LogP) is 1.33. The molecule has 0 aromatic heterocycles. The molecule has 120 valence electrons. The van der Waals surface area contributed by atoms with Crippen LogP contribution in [-0.4, -0.2) is 31.1 Å². The molecule has 1 aliphatic rings. The van der Waals surface area contributed by atoms with Gasteiger partial charge in [-0.2, -0.15) is 0 Å². The zero-order valence-corrected chi connectivity index (χ0v) is 12.3. The maximum absolute atomic E-state index is 13.4. The molecule has 2 atom stereocenters. The van der Waals surface area contributed by atoms with Crippen molar-refractivity contribution in [3.05, 3.63) is 35.4 Å². The zero-order chi connectivity index (χ0) is 16.1. The van der Waals surface area contributed by atoms with Gasteiger partial charge in [-0.3, -0.25) is 4.79 Å². The molecule has 2 unspecified atom stereocenters. The molecular formula is C15H19F2N3O2. The molecule has 1 fully saturated rings. The van der Waals surface area contributed by atoms with E-state index >= 15 is 0 Å². The molecule has 3 N–H and O–H groups in total. The average Bonchev–Trinajstić information content (AvgIpc) is 2.47. The fourth-order valence-corrected chi connectivity index (χ4v) is 2.40. The first kappa shape index (κ1) is 16.2. The van der Waals surface area contributed by atoms with Crippen LogP contribution in [0.25, 0.3) is 0 Å². The summed E-state index contributed by atoms with van der Waals surface area (Å²) in [7, 11) is 0. The summed E-state index contributed by atoms with van der Waals surface area (Å²) in [6.45, 7) is 2.65. The lowest BCUT2D eigenvalue weighted by Crippen LogP contribution is -2.56. The van der Waals surface area contributed by atoms with Crippen LogP contribution in [0.2, 0.25) is 0 Å². The molecule has 2 rings (SSSR count). The van der Waals surface area contributed by atoms with Gasteiger partial charge < -0.3 is 16.0 Å². The van der Waals surface area contributed by atoms with Gasteiger partial charge in [0, 0.05) is 13.1 Å². The fourth-order valence-electron chi connectivity index (χ4n) is 2.40. The van der Waals surface area contributed by atoms with Crippen molar-refractivity contribution in [2.45, 2.75) is 25.8 Å². The lowest BCUT2D eigenvalue weighted by molar-refractivity contribution is -0.125. The number of urea groups is 1. The van der Waals surface area contributed by atoms with E-state index in [-0.39, 0.29) is 30.4 Å². The fraction of sp³-hybridized carbons (Fsp3) is 0.467. The van der Waals surface area contributed by atoms with Gasteiger partial charge in [-0.15, -0.1) is 0 Å². The number of hydrogen-bond acceptors (Lipinski definition) is 2. The molecule has 0 spiro atoms. The highest BCUT2D eigenvalue weighted by molar-refractivity contribution is 5.87. The number of benzene rings is 1. The average molecular weight is 311 g/mol. The number of carbonyl (C=O) groups is 2. The Morgan fingerprint density at radius 1 is 1.41 bits per heavy atom. The van der Waals surface area contributed by atoms with Crippen LogP contribution in [0.3, 0.4) is 0 Å². The summed E-state index contributed by atoms with van der Waals surface area (Å²) in [5, 5.41) is 7.84. The topological polar surface area (TPSA) is 70.2 Å². The van der Waals surface area contributed by atoms with Gasteiger partial charge in [-0.25, -0.2) is 13.6 Å². The minimum atomic E-state index is -0.570. The molecule has 0 aliphatic carbocycles. The highest BCUT2D eigenvalue weighted by atomic mass is 19.1. The first-order chi connectivity index (χ1) is 10.5. The maximum atomic E-state index is 13.4. The van der Waals surface area contributed by atoms with Crippen LogP contribution >= 0.6 is 0 Å². The van der Waals surface area contributed by atoms with Crippen molar-refractivity contribution in [1.29, 1.82) is 0 Å². The quantitative estimate of drug-likeness (QED) is 0.785. The van der Waals surface area contributed by atoms with E-state index in [9.17, 15) is 18.4 Å². The molecule has 1 aliphatic heterocycles. The maximum Gasteiger partial charge on any atom is 0.315 e. The molecule has 0 saturated carbocycles. The van der Waals surface area contributed by atoms with Crippen LogP contribution in [0.15, 0.2) is 18.2 Å². The lowest BCUT2D eigenvalue weighted by Gasteiger charge is -2.28. The molecule has 1 aromatic rings. The summed E-state index contributed by atoms with van der Waals surface area (Å²) in [4.78, 5) is 23.4. The minimum Gasteiger partial charge on any atom is -0.354 e. The third kappa shape index (κ3) is 4.16. The van der Waals surface area contributed by atoms with Gasteiger partial charge in [0.05, 0.1) is 0 Å². The summed E-state index contributed by atoms with van der Waals surface area (Å²) in [5.74, 6) is -1.18. The number of hydrogen-bond donors (Lipinski definition) is 3. The SMILES string of the molecule is CC1CCNC(=O)C1NC(=O)NCCc1cc(F)ccc1F.